The monoisotopic (exact) mass is 935 g/mol. The molecule has 72 heavy (non-hydrogen) atoms. The summed E-state index contributed by atoms with van der Waals surface area (Å²) < 4.78 is 42.0. The van der Waals surface area contributed by atoms with Crippen LogP contribution in [0.2, 0.25) is 0 Å². The summed E-state index contributed by atoms with van der Waals surface area (Å²) in [5, 5.41) is 10.0. The van der Waals surface area contributed by atoms with Crippen molar-refractivity contribution in [3.63, 3.8) is 0 Å². The van der Waals surface area contributed by atoms with E-state index in [4.69, 9.17) is 6.85 Å². The average molecular weight is 936 g/mol. The Morgan fingerprint density at radius 1 is 0.431 bits per heavy atom. The molecule has 0 aliphatic heterocycles. The molecule has 0 saturated carbocycles. The fourth-order valence-electron chi connectivity index (χ4n) is 9.42. The molecule has 0 spiro atoms. The first-order valence-corrected chi connectivity index (χ1v) is 24.6. The lowest BCUT2D eigenvalue weighted by Gasteiger charge is -2.20. The van der Waals surface area contributed by atoms with Crippen LogP contribution in [0.25, 0.3) is 78.3 Å². The van der Waals surface area contributed by atoms with Crippen LogP contribution in [-0.2, 0) is 32.1 Å². The second kappa shape index (κ2) is 21.2. The number of hydrogen-bond donors (Lipinski definition) is 0. The van der Waals surface area contributed by atoms with Crippen LogP contribution in [-0.4, -0.2) is 15.0 Å². The highest BCUT2D eigenvalue weighted by Gasteiger charge is 2.18. The van der Waals surface area contributed by atoms with Crippen molar-refractivity contribution in [2.24, 2.45) is 5.41 Å². The third kappa shape index (κ3) is 11.2. The molecule has 0 aliphatic rings. The first-order valence-electron chi connectivity index (χ1n) is 27.1. The predicted molar refractivity (Wildman–Crippen MR) is 298 cm³/mol. The van der Waals surface area contributed by atoms with Gasteiger partial charge in [-0.1, -0.05) is 172 Å². The third-order valence-corrected chi connectivity index (χ3v) is 13.1. The minimum absolute atomic E-state index is 0.183. The summed E-state index contributed by atoms with van der Waals surface area (Å²) in [6.07, 6.45) is 6.79. The summed E-state index contributed by atoms with van der Waals surface area (Å²) in [5.41, 5.74) is 18.7. The molecule has 0 radical (unpaired) electrons. The third-order valence-electron chi connectivity index (χ3n) is 13.1. The maximum Gasteiger partial charge on any atom is 0.0994 e. The minimum Gasteiger partial charge on any atom is -0.256 e. The van der Waals surface area contributed by atoms with Crippen molar-refractivity contribution in [3.05, 3.63) is 258 Å². The zero-order chi connectivity index (χ0) is 53.7. The van der Waals surface area contributed by atoms with Crippen molar-refractivity contribution in [2.75, 3.05) is 0 Å². The Morgan fingerprint density at radius 2 is 0.958 bits per heavy atom. The number of benzene rings is 7. The SMILES string of the molecule is [2H]C([2H])([2H])c1ccc(-c2ccc(-c3ccccc3-c3cc(CCc4ccc(-c5ccccn5)cc4)cc(CCc4ccc(-c5ccccn5)cc4)c3)c(-c3ccc(-c4ccc(C#N)c(C([2H])([2H])C(C)(C)C)c4)cc3)c2)nc1. The van der Waals surface area contributed by atoms with Crippen LogP contribution in [0.3, 0.4) is 0 Å². The number of aromatic nitrogens is 3. The minimum atomic E-state index is -2.27. The molecule has 4 nitrogen and oxygen atoms in total. The molecule has 0 aliphatic carbocycles. The first kappa shape index (κ1) is 41.3. The standard InChI is InChI=1S/C68H58N4/c1-47-15-36-67(72-46-47)57-34-35-63(64(43-57)53-30-28-52(29-31-53)56-32-33-58(45-69)60(42-56)44-68(2,3)4)62-12-6-5-11-61(62)59-40-50(18-16-48-20-24-54(25-21-48)65-13-7-9-37-70-65)39-51(41-59)19-17-49-22-26-55(27-23-49)66-14-8-10-38-71-66/h5-15,20-43,46H,16-19,44H2,1-4H3/i1D3,44D2. The lowest BCUT2D eigenvalue weighted by atomic mass is 9.85. The van der Waals surface area contributed by atoms with Gasteiger partial charge >= 0.3 is 0 Å². The molecule has 0 saturated heterocycles. The highest BCUT2D eigenvalue weighted by Crippen LogP contribution is 2.41. The first-order chi connectivity index (χ1) is 37.1. The number of pyridine rings is 3. The van der Waals surface area contributed by atoms with Crippen molar-refractivity contribution in [1.29, 1.82) is 5.26 Å². The lowest BCUT2D eigenvalue weighted by Crippen LogP contribution is -2.10. The Morgan fingerprint density at radius 3 is 1.51 bits per heavy atom. The van der Waals surface area contributed by atoms with Crippen molar-refractivity contribution < 1.29 is 6.85 Å². The summed E-state index contributed by atoms with van der Waals surface area (Å²) in [7, 11) is 0. The molecule has 0 atom stereocenters. The van der Waals surface area contributed by atoms with Gasteiger partial charge in [0.2, 0.25) is 0 Å². The van der Waals surface area contributed by atoms with Gasteiger partial charge in [-0.2, -0.15) is 5.26 Å². The van der Waals surface area contributed by atoms with Gasteiger partial charge in [-0.05, 0) is 171 Å². The van der Waals surface area contributed by atoms with Gasteiger partial charge < -0.3 is 0 Å². The molecular weight excluding hydrogens is 873 g/mol. The van der Waals surface area contributed by atoms with E-state index in [9.17, 15) is 5.26 Å². The van der Waals surface area contributed by atoms with Gasteiger partial charge in [0.15, 0.2) is 0 Å². The van der Waals surface area contributed by atoms with Crippen LogP contribution < -0.4 is 0 Å². The van der Waals surface area contributed by atoms with E-state index in [2.05, 4.69) is 142 Å². The lowest BCUT2D eigenvalue weighted by molar-refractivity contribution is 0.411. The predicted octanol–water partition coefficient (Wildman–Crippen LogP) is 16.9. The van der Waals surface area contributed by atoms with Crippen LogP contribution >= 0.6 is 0 Å². The van der Waals surface area contributed by atoms with E-state index in [1.165, 1.54) is 28.5 Å². The van der Waals surface area contributed by atoms with Gasteiger partial charge in [-0.15, -0.1) is 0 Å². The van der Waals surface area contributed by atoms with Crippen LogP contribution in [0, 0.1) is 23.6 Å². The molecule has 0 bridgehead atoms. The maximum atomic E-state index is 10.0. The van der Waals surface area contributed by atoms with Gasteiger partial charge in [-0.25, -0.2) is 0 Å². The van der Waals surface area contributed by atoms with Crippen molar-refractivity contribution in [3.8, 4) is 84.3 Å². The van der Waals surface area contributed by atoms with Crippen LogP contribution in [0.1, 0.15) is 66.6 Å². The Labute approximate surface area is 432 Å². The topological polar surface area (TPSA) is 62.5 Å². The maximum absolute atomic E-state index is 10.0. The van der Waals surface area contributed by atoms with E-state index < -0.39 is 18.6 Å². The van der Waals surface area contributed by atoms with Crippen LogP contribution in [0.15, 0.2) is 219 Å². The van der Waals surface area contributed by atoms with E-state index in [0.29, 0.717) is 16.8 Å². The summed E-state index contributed by atoms with van der Waals surface area (Å²) in [5.74, 6) is 0. The molecule has 10 aromatic rings. The second-order valence-corrected chi connectivity index (χ2v) is 19.4. The normalized spacial score (nSPS) is 12.7. The fourth-order valence-corrected chi connectivity index (χ4v) is 9.42. The Balaban J connectivity index is 1.04. The van der Waals surface area contributed by atoms with Crippen molar-refractivity contribution in [2.45, 2.75) is 59.7 Å². The smallest absolute Gasteiger partial charge is 0.0994 e. The Bertz CT molecular complexity index is 3610. The summed E-state index contributed by atoms with van der Waals surface area (Å²) in [6, 6.07) is 70.7. The second-order valence-electron chi connectivity index (χ2n) is 19.4. The highest BCUT2D eigenvalue weighted by atomic mass is 14.7. The van der Waals surface area contributed by atoms with Crippen LogP contribution in [0.4, 0.5) is 0 Å². The van der Waals surface area contributed by atoms with Crippen molar-refractivity contribution in [1.82, 2.24) is 15.0 Å². The molecule has 10 rings (SSSR count). The molecular formula is C68H58N4. The summed E-state index contributed by atoms with van der Waals surface area (Å²) in [4.78, 5) is 13.7. The molecule has 0 fully saturated rings. The summed E-state index contributed by atoms with van der Waals surface area (Å²) >= 11 is 0. The molecule has 3 aromatic heterocycles. The molecule has 3 heterocycles. The van der Waals surface area contributed by atoms with E-state index in [1.54, 1.807) is 18.2 Å². The molecule has 350 valence electrons. The largest absolute Gasteiger partial charge is 0.256 e. The molecule has 0 unspecified atom stereocenters. The van der Waals surface area contributed by atoms with E-state index in [1.807, 2.05) is 93.8 Å². The van der Waals surface area contributed by atoms with E-state index >= 15 is 0 Å². The molecule has 0 N–H and O–H groups in total. The number of aryl methyl sites for hydroxylation is 5. The number of hydrogen-bond acceptors (Lipinski definition) is 4. The molecule has 4 heteroatoms. The zero-order valence-corrected chi connectivity index (χ0v) is 40.9. The average Bonchev–Trinajstić information content (AvgIpc) is 3.46. The van der Waals surface area contributed by atoms with Crippen molar-refractivity contribution >= 4 is 0 Å². The number of rotatable bonds is 14. The number of nitriles is 1. The van der Waals surface area contributed by atoms with E-state index in [-0.39, 0.29) is 5.56 Å². The number of nitrogens with zero attached hydrogens (tertiary/aromatic N) is 4. The van der Waals surface area contributed by atoms with E-state index in [0.717, 1.165) is 98.3 Å². The fraction of sp³-hybridized carbons (Fsp3) is 0.147. The molecule has 0 amide bonds. The summed E-state index contributed by atoms with van der Waals surface area (Å²) in [6.45, 7) is 3.28. The Kier molecular flexibility index (Phi) is 12.2. The quantitative estimate of drug-likeness (QED) is 0.109. The van der Waals surface area contributed by atoms with Gasteiger partial charge in [-0.3, -0.25) is 15.0 Å². The Hall–Kier alpha value is -8.52. The van der Waals surface area contributed by atoms with Gasteiger partial charge in [0, 0.05) is 42.1 Å². The highest BCUT2D eigenvalue weighted by molar-refractivity contribution is 5.94. The van der Waals surface area contributed by atoms with Gasteiger partial charge in [0.1, 0.15) is 0 Å². The zero-order valence-electron chi connectivity index (χ0n) is 45.9. The van der Waals surface area contributed by atoms with Crippen LogP contribution in [0.5, 0.6) is 0 Å². The van der Waals surface area contributed by atoms with Gasteiger partial charge in [0.05, 0.1) is 28.7 Å². The molecule has 7 aromatic carbocycles. The van der Waals surface area contributed by atoms with Gasteiger partial charge in [0.25, 0.3) is 0 Å².